The Bertz CT molecular complexity index is 982. The van der Waals surface area contributed by atoms with Crippen molar-refractivity contribution in [3.63, 3.8) is 0 Å². The van der Waals surface area contributed by atoms with E-state index >= 15 is 0 Å². The Morgan fingerprint density at radius 2 is 1.74 bits per heavy atom. The molecule has 138 valence electrons. The molecule has 3 rings (SSSR count). The number of halogens is 2. The zero-order chi connectivity index (χ0) is 19.6. The smallest absolute Gasteiger partial charge is 0.274 e. The summed E-state index contributed by atoms with van der Waals surface area (Å²) in [4.78, 5) is 21.2. The number of aryl methyl sites for hydroxylation is 3. The molecule has 1 heterocycles. The maximum atomic E-state index is 13.0. The van der Waals surface area contributed by atoms with Crippen molar-refractivity contribution in [2.75, 3.05) is 10.6 Å². The van der Waals surface area contributed by atoms with Crippen LogP contribution in [0.1, 0.15) is 27.3 Å². The fraction of sp³-hybridized carbons (Fsp3) is 0.150. The third-order valence-corrected chi connectivity index (χ3v) is 4.16. The number of amides is 1. The SMILES string of the molecule is Cc1cc(C)c(NC(=O)c2cc(C)nc(Nc3ccc(F)cc3)n2)c(Cl)c1. The number of nitrogens with one attached hydrogen (secondary N) is 2. The summed E-state index contributed by atoms with van der Waals surface area (Å²) in [6, 6.07) is 11.1. The number of hydrogen-bond acceptors (Lipinski definition) is 4. The summed E-state index contributed by atoms with van der Waals surface area (Å²) in [6.07, 6.45) is 0. The fourth-order valence-corrected chi connectivity index (χ4v) is 3.02. The molecule has 5 nitrogen and oxygen atoms in total. The predicted octanol–water partition coefficient (Wildman–Crippen LogP) is 5.19. The van der Waals surface area contributed by atoms with E-state index in [9.17, 15) is 9.18 Å². The zero-order valence-electron chi connectivity index (χ0n) is 15.1. The van der Waals surface area contributed by atoms with Crippen LogP contribution in [0.2, 0.25) is 5.02 Å². The van der Waals surface area contributed by atoms with Crippen molar-refractivity contribution in [2.45, 2.75) is 20.8 Å². The molecule has 1 amide bonds. The van der Waals surface area contributed by atoms with Gasteiger partial charge in [0, 0.05) is 11.4 Å². The van der Waals surface area contributed by atoms with E-state index in [1.54, 1.807) is 31.2 Å². The second-order valence-corrected chi connectivity index (χ2v) is 6.65. The molecule has 0 aliphatic carbocycles. The normalized spacial score (nSPS) is 10.6. The number of anilines is 3. The molecule has 2 N–H and O–H groups in total. The maximum Gasteiger partial charge on any atom is 0.274 e. The van der Waals surface area contributed by atoms with Gasteiger partial charge in [-0.3, -0.25) is 4.79 Å². The van der Waals surface area contributed by atoms with E-state index in [1.807, 2.05) is 19.9 Å². The lowest BCUT2D eigenvalue weighted by atomic mass is 10.1. The lowest BCUT2D eigenvalue weighted by Crippen LogP contribution is -2.16. The van der Waals surface area contributed by atoms with Crippen molar-refractivity contribution in [3.05, 3.63) is 75.8 Å². The molecule has 7 heteroatoms. The highest BCUT2D eigenvalue weighted by atomic mass is 35.5. The van der Waals surface area contributed by atoms with Crippen LogP contribution >= 0.6 is 11.6 Å². The highest BCUT2D eigenvalue weighted by molar-refractivity contribution is 6.34. The Kier molecular flexibility index (Phi) is 5.37. The summed E-state index contributed by atoms with van der Waals surface area (Å²) in [5.74, 6) is -0.480. The van der Waals surface area contributed by atoms with Gasteiger partial charge >= 0.3 is 0 Å². The summed E-state index contributed by atoms with van der Waals surface area (Å²) in [7, 11) is 0. The molecule has 0 saturated heterocycles. The van der Waals surface area contributed by atoms with Crippen LogP contribution in [-0.4, -0.2) is 15.9 Å². The molecule has 0 spiro atoms. The minimum absolute atomic E-state index is 0.197. The van der Waals surface area contributed by atoms with Crippen LogP contribution < -0.4 is 10.6 Å². The molecule has 0 fully saturated rings. The summed E-state index contributed by atoms with van der Waals surface area (Å²) < 4.78 is 13.0. The van der Waals surface area contributed by atoms with Crippen LogP contribution in [-0.2, 0) is 0 Å². The molecule has 0 atom stereocenters. The van der Waals surface area contributed by atoms with E-state index in [1.165, 1.54) is 12.1 Å². The lowest BCUT2D eigenvalue weighted by molar-refractivity contribution is 0.102. The predicted molar refractivity (Wildman–Crippen MR) is 105 cm³/mol. The number of aromatic nitrogens is 2. The number of carbonyl (C=O) groups excluding carboxylic acids is 1. The standard InChI is InChI=1S/C20H18ClFN4O/c1-11-8-12(2)18(16(21)9-11)26-19(27)17-10-13(3)23-20(25-17)24-15-6-4-14(22)5-7-15/h4-10H,1-3H3,(H,26,27)(H,23,24,25). The molecule has 27 heavy (non-hydrogen) atoms. The summed E-state index contributed by atoms with van der Waals surface area (Å²) in [5, 5.41) is 6.24. The fourth-order valence-electron chi connectivity index (χ4n) is 2.65. The van der Waals surface area contributed by atoms with Crippen molar-refractivity contribution < 1.29 is 9.18 Å². The Balaban J connectivity index is 1.85. The van der Waals surface area contributed by atoms with Gasteiger partial charge in [0.15, 0.2) is 0 Å². The van der Waals surface area contributed by atoms with Crippen molar-refractivity contribution in [1.82, 2.24) is 9.97 Å². The monoisotopic (exact) mass is 384 g/mol. The third kappa shape index (κ3) is 4.60. The van der Waals surface area contributed by atoms with Crippen molar-refractivity contribution in [2.24, 2.45) is 0 Å². The quantitative estimate of drug-likeness (QED) is 0.649. The topological polar surface area (TPSA) is 66.9 Å². The Morgan fingerprint density at radius 1 is 1.04 bits per heavy atom. The van der Waals surface area contributed by atoms with Gasteiger partial charge in [-0.05, 0) is 68.3 Å². The van der Waals surface area contributed by atoms with Gasteiger partial charge in [0.25, 0.3) is 5.91 Å². The summed E-state index contributed by atoms with van der Waals surface area (Å²) in [6.45, 7) is 5.57. The number of carbonyl (C=O) groups is 1. The Hall–Kier alpha value is -2.99. The summed E-state index contributed by atoms with van der Waals surface area (Å²) in [5.41, 5.74) is 3.86. The Labute approximate surface area is 161 Å². The number of nitrogens with zero attached hydrogens (tertiary/aromatic N) is 2. The van der Waals surface area contributed by atoms with Gasteiger partial charge in [-0.2, -0.15) is 0 Å². The molecule has 0 radical (unpaired) electrons. The van der Waals surface area contributed by atoms with Crippen molar-refractivity contribution in [1.29, 1.82) is 0 Å². The average Bonchev–Trinajstić information content (AvgIpc) is 2.59. The highest BCUT2D eigenvalue weighted by Crippen LogP contribution is 2.27. The minimum atomic E-state index is -0.392. The van der Waals surface area contributed by atoms with E-state index in [-0.39, 0.29) is 17.5 Å². The van der Waals surface area contributed by atoms with Crippen LogP contribution in [0.25, 0.3) is 0 Å². The van der Waals surface area contributed by atoms with Crippen LogP contribution in [0, 0.1) is 26.6 Å². The second-order valence-electron chi connectivity index (χ2n) is 6.24. The second kappa shape index (κ2) is 7.72. The molecule has 3 aromatic rings. The molecular formula is C20H18ClFN4O. The first-order valence-corrected chi connectivity index (χ1v) is 8.66. The first-order valence-electron chi connectivity index (χ1n) is 8.28. The Morgan fingerprint density at radius 3 is 2.41 bits per heavy atom. The van der Waals surface area contributed by atoms with Crippen LogP contribution in [0.15, 0.2) is 42.5 Å². The van der Waals surface area contributed by atoms with Gasteiger partial charge in [-0.25, -0.2) is 14.4 Å². The number of benzene rings is 2. The first kappa shape index (κ1) is 18.8. The van der Waals surface area contributed by atoms with Crippen LogP contribution in [0.5, 0.6) is 0 Å². The molecular weight excluding hydrogens is 367 g/mol. The molecule has 2 aromatic carbocycles. The molecule has 0 saturated carbocycles. The average molecular weight is 385 g/mol. The minimum Gasteiger partial charge on any atom is -0.324 e. The lowest BCUT2D eigenvalue weighted by Gasteiger charge is -2.12. The van der Waals surface area contributed by atoms with Crippen molar-refractivity contribution >= 4 is 34.8 Å². The van der Waals surface area contributed by atoms with E-state index in [2.05, 4.69) is 20.6 Å². The maximum absolute atomic E-state index is 13.0. The molecule has 0 aliphatic heterocycles. The van der Waals surface area contributed by atoms with E-state index in [0.717, 1.165) is 11.1 Å². The van der Waals surface area contributed by atoms with Gasteiger partial charge in [-0.1, -0.05) is 17.7 Å². The van der Waals surface area contributed by atoms with Crippen LogP contribution in [0.4, 0.5) is 21.7 Å². The van der Waals surface area contributed by atoms with Gasteiger partial charge < -0.3 is 10.6 Å². The van der Waals surface area contributed by atoms with Crippen molar-refractivity contribution in [3.8, 4) is 0 Å². The van der Waals surface area contributed by atoms with E-state index in [4.69, 9.17) is 11.6 Å². The van der Waals surface area contributed by atoms with Gasteiger partial charge in [0.05, 0.1) is 10.7 Å². The third-order valence-electron chi connectivity index (χ3n) is 3.86. The van der Waals surface area contributed by atoms with Crippen LogP contribution in [0.3, 0.4) is 0 Å². The molecule has 0 unspecified atom stereocenters. The largest absolute Gasteiger partial charge is 0.324 e. The molecule has 1 aromatic heterocycles. The molecule has 0 aliphatic rings. The van der Waals surface area contributed by atoms with Gasteiger partial charge in [0.1, 0.15) is 11.5 Å². The van der Waals surface area contributed by atoms with Gasteiger partial charge in [0.2, 0.25) is 5.95 Å². The number of hydrogen-bond donors (Lipinski definition) is 2. The van der Waals surface area contributed by atoms with E-state index < -0.39 is 5.91 Å². The summed E-state index contributed by atoms with van der Waals surface area (Å²) >= 11 is 6.26. The number of rotatable bonds is 4. The molecule has 0 bridgehead atoms. The first-order chi connectivity index (χ1) is 12.8. The van der Waals surface area contributed by atoms with E-state index in [0.29, 0.717) is 22.1 Å². The highest BCUT2D eigenvalue weighted by Gasteiger charge is 2.14. The van der Waals surface area contributed by atoms with Gasteiger partial charge in [-0.15, -0.1) is 0 Å². The zero-order valence-corrected chi connectivity index (χ0v) is 15.9.